The fourth-order valence-corrected chi connectivity index (χ4v) is 4.25. The van der Waals surface area contributed by atoms with E-state index >= 15 is 0 Å². The summed E-state index contributed by atoms with van der Waals surface area (Å²) in [6.45, 7) is 16.9. The summed E-state index contributed by atoms with van der Waals surface area (Å²) >= 11 is 0. The highest BCUT2D eigenvalue weighted by Crippen LogP contribution is 2.40. The Morgan fingerprint density at radius 3 is 2.04 bits per heavy atom. The Bertz CT molecular complexity index is 435. The highest BCUT2D eigenvalue weighted by molar-refractivity contribution is 5.80. The van der Waals surface area contributed by atoms with Gasteiger partial charge >= 0.3 is 0 Å². The molecule has 2 fully saturated rings. The van der Waals surface area contributed by atoms with Crippen molar-refractivity contribution in [3.8, 4) is 0 Å². The van der Waals surface area contributed by atoms with Crippen LogP contribution in [0.4, 0.5) is 0 Å². The highest BCUT2D eigenvalue weighted by Gasteiger charge is 2.46. The first-order chi connectivity index (χ1) is 11.2. The third-order valence-electron chi connectivity index (χ3n) is 6.78. The molecule has 0 aromatic heterocycles. The van der Waals surface area contributed by atoms with Gasteiger partial charge in [-0.1, -0.05) is 41.5 Å². The molecule has 2 aliphatic heterocycles. The van der Waals surface area contributed by atoms with E-state index in [4.69, 9.17) is 14.2 Å². The Hall–Kier alpha value is -0.450. The molecule has 24 heavy (non-hydrogen) atoms. The third-order valence-corrected chi connectivity index (χ3v) is 6.78. The molecule has 2 aliphatic rings. The lowest BCUT2D eigenvalue weighted by Crippen LogP contribution is -2.54. The van der Waals surface area contributed by atoms with Crippen molar-refractivity contribution in [3.05, 3.63) is 0 Å². The lowest BCUT2D eigenvalue weighted by Gasteiger charge is -2.48. The second-order valence-corrected chi connectivity index (χ2v) is 8.22. The van der Waals surface area contributed by atoms with Crippen LogP contribution in [0.15, 0.2) is 0 Å². The van der Waals surface area contributed by atoms with Crippen molar-refractivity contribution in [2.24, 2.45) is 29.6 Å². The standard InChI is InChI=1S/C20H36O4/c1-9-17-19(13(5)11(3)16(8)22-17)24-20-14(6)10(2)12(4)18(23-20)15(7)21/h10-14,16-20H,9H2,1-8H3/t10-,11?,12-,13+,14?,16?,17?,18?,19-,20-/m0/s1. The SMILES string of the molecule is CCC1OC(C)C(C)[C@@H](C)[C@@H]1O[C@@H]1OC(C(C)=O)[C@@H](C)[C@H](C)C1C. The predicted molar refractivity (Wildman–Crippen MR) is 94.7 cm³/mol. The zero-order valence-electron chi connectivity index (χ0n) is 16.6. The maximum absolute atomic E-state index is 12.0. The summed E-state index contributed by atoms with van der Waals surface area (Å²) in [7, 11) is 0. The molecule has 10 atom stereocenters. The number of Topliss-reactive ketones (excluding diaryl/α,β-unsaturated/α-hetero) is 1. The van der Waals surface area contributed by atoms with Gasteiger partial charge in [-0.05, 0) is 43.9 Å². The number of rotatable bonds is 4. The maximum Gasteiger partial charge on any atom is 0.161 e. The highest BCUT2D eigenvalue weighted by atomic mass is 16.7. The minimum Gasteiger partial charge on any atom is -0.372 e. The van der Waals surface area contributed by atoms with Gasteiger partial charge in [0, 0.05) is 5.92 Å². The van der Waals surface area contributed by atoms with Crippen LogP contribution in [0.2, 0.25) is 0 Å². The van der Waals surface area contributed by atoms with E-state index in [9.17, 15) is 4.79 Å². The van der Waals surface area contributed by atoms with Crippen LogP contribution in [-0.4, -0.2) is 36.5 Å². The van der Waals surface area contributed by atoms with Crippen LogP contribution in [0, 0.1) is 29.6 Å². The van der Waals surface area contributed by atoms with E-state index in [1.165, 1.54) is 0 Å². The van der Waals surface area contributed by atoms with Gasteiger partial charge in [-0.3, -0.25) is 4.79 Å². The Balaban J connectivity index is 2.16. The van der Waals surface area contributed by atoms with Crippen molar-refractivity contribution in [3.63, 3.8) is 0 Å². The summed E-state index contributed by atoms with van der Waals surface area (Å²) in [6, 6.07) is 0. The molecule has 4 nitrogen and oxygen atoms in total. The van der Waals surface area contributed by atoms with Crippen LogP contribution in [0.25, 0.3) is 0 Å². The van der Waals surface area contributed by atoms with Crippen molar-refractivity contribution >= 4 is 5.78 Å². The molecule has 0 amide bonds. The minimum absolute atomic E-state index is 0.0156. The molecule has 2 rings (SSSR count). The molecule has 2 saturated heterocycles. The average molecular weight is 341 g/mol. The number of carbonyl (C=O) groups excluding carboxylic acids is 1. The van der Waals surface area contributed by atoms with Gasteiger partial charge in [0.1, 0.15) is 6.10 Å². The summed E-state index contributed by atoms with van der Waals surface area (Å²) in [5, 5.41) is 0. The number of ether oxygens (including phenoxy) is 3. The molecule has 0 bridgehead atoms. The second kappa shape index (κ2) is 7.84. The van der Waals surface area contributed by atoms with Gasteiger partial charge in [0.25, 0.3) is 0 Å². The van der Waals surface area contributed by atoms with Gasteiger partial charge in [-0.15, -0.1) is 0 Å². The summed E-state index contributed by atoms with van der Waals surface area (Å²) in [6.07, 6.45) is 0.580. The van der Waals surface area contributed by atoms with Crippen LogP contribution in [0.3, 0.4) is 0 Å². The van der Waals surface area contributed by atoms with E-state index in [0.29, 0.717) is 17.8 Å². The molecule has 140 valence electrons. The first-order valence-corrected chi connectivity index (χ1v) is 9.65. The van der Waals surface area contributed by atoms with E-state index in [2.05, 4.69) is 48.5 Å². The molecule has 0 radical (unpaired) electrons. The van der Waals surface area contributed by atoms with Gasteiger partial charge in [0.15, 0.2) is 12.1 Å². The third kappa shape index (κ3) is 3.71. The Morgan fingerprint density at radius 1 is 0.875 bits per heavy atom. The van der Waals surface area contributed by atoms with Crippen molar-refractivity contribution in [1.82, 2.24) is 0 Å². The van der Waals surface area contributed by atoms with Crippen LogP contribution in [-0.2, 0) is 19.0 Å². The Morgan fingerprint density at radius 2 is 1.50 bits per heavy atom. The largest absolute Gasteiger partial charge is 0.372 e. The molecule has 0 aromatic carbocycles. The monoisotopic (exact) mass is 340 g/mol. The lowest BCUT2D eigenvalue weighted by atomic mass is 9.77. The maximum atomic E-state index is 12.0. The molecule has 4 heteroatoms. The normalized spacial score (nSPS) is 49.8. The van der Waals surface area contributed by atoms with Crippen LogP contribution < -0.4 is 0 Å². The lowest BCUT2D eigenvalue weighted by molar-refractivity contribution is -0.294. The molecule has 0 spiro atoms. The number of ketones is 1. The van der Waals surface area contributed by atoms with Gasteiger partial charge in [-0.25, -0.2) is 0 Å². The molecule has 0 aliphatic carbocycles. The van der Waals surface area contributed by atoms with E-state index in [0.717, 1.165) is 6.42 Å². The molecular weight excluding hydrogens is 304 g/mol. The van der Waals surface area contributed by atoms with Crippen LogP contribution in [0.1, 0.15) is 61.8 Å². The molecule has 2 heterocycles. The van der Waals surface area contributed by atoms with Crippen molar-refractivity contribution in [1.29, 1.82) is 0 Å². The van der Waals surface area contributed by atoms with Gasteiger partial charge in [-0.2, -0.15) is 0 Å². The fourth-order valence-electron chi connectivity index (χ4n) is 4.25. The van der Waals surface area contributed by atoms with E-state index < -0.39 is 0 Å². The summed E-state index contributed by atoms with van der Waals surface area (Å²) in [4.78, 5) is 12.0. The Labute approximate surface area is 147 Å². The van der Waals surface area contributed by atoms with Gasteiger partial charge in [0.2, 0.25) is 0 Å². The van der Waals surface area contributed by atoms with Gasteiger partial charge in [0.05, 0.1) is 18.3 Å². The van der Waals surface area contributed by atoms with E-state index in [-0.39, 0.29) is 48.3 Å². The van der Waals surface area contributed by atoms with E-state index in [1.807, 2.05) is 0 Å². The zero-order chi connectivity index (χ0) is 18.2. The van der Waals surface area contributed by atoms with Crippen molar-refractivity contribution in [2.75, 3.05) is 0 Å². The molecule has 0 saturated carbocycles. The first kappa shape index (κ1) is 19.9. The number of carbonyl (C=O) groups is 1. The van der Waals surface area contributed by atoms with Gasteiger partial charge < -0.3 is 14.2 Å². The van der Waals surface area contributed by atoms with Crippen molar-refractivity contribution < 1.29 is 19.0 Å². The number of hydrogen-bond donors (Lipinski definition) is 0. The molecular formula is C20H36O4. The molecule has 5 unspecified atom stereocenters. The zero-order valence-corrected chi connectivity index (χ0v) is 16.6. The topological polar surface area (TPSA) is 44.8 Å². The Kier molecular flexibility index (Phi) is 6.49. The average Bonchev–Trinajstić information content (AvgIpc) is 2.54. The van der Waals surface area contributed by atoms with E-state index in [1.54, 1.807) is 6.92 Å². The summed E-state index contributed by atoms with van der Waals surface area (Å²) in [5.41, 5.74) is 0. The van der Waals surface area contributed by atoms with Crippen LogP contribution >= 0.6 is 0 Å². The predicted octanol–water partition coefficient (Wildman–Crippen LogP) is 4.06. The summed E-state index contributed by atoms with van der Waals surface area (Å²) < 4.78 is 18.8. The fraction of sp³-hybridized carbons (Fsp3) is 0.950. The number of hydrogen-bond acceptors (Lipinski definition) is 4. The minimum atomic E-state index is -0.363. The first-order valence-electron chi connectivity index (χ1n) is 9.65. The van der Waals surface area contributed by atoms with Crippen molar-refractivity contribution in [2.45, 2.75) is 92.5 Å². The summed E-state index contributed by atoms with van der Waals surface area (Å²) in [5.74, 6) is 1.80. The smallest absolute Gasteiger partial charge is 0.161 e. The quantitative estimate of drug-likeness (QED) is 0.774. The second-order valence-electron chi connectivity index (χ2n) is 8.22. The van der Waals surface area contributed by atoms with Crippen LogP contribution in [0.5, 0.6) is 0 Å². The molecule has 0 N–H and O–H groups in total. The molecule has 0 aromatic rings.